The van der Waals surface area contributed by atoms with Crippen LogP contribution in [0.25, 0.3) is 16.8 Å². The van der Waals surface area contributed by atoms with Gasteiger partial charge < -0.3 is 0 Å². The standard InChI is InChI=1S/C31H34N4/c1-20(2)15-29-22(5)17-26-18-27(13-14-28(26)23(29)6)32-24(7)31(16-21(3)4)35-19-30(33-34-35)25-11-9-8-10-12-25/h8-14,18-19,31H,1,3,5,15-17H2,2,4,6-7H3. The second-order valence-corrected chi connectivity index (χ2v) is 9.74. The fourth-order valence-electron chi connectivity index (χ4n) is 4.70. The summed E-state index contributed by atoms with van der Waals surface area (Å²) in [6.07, 6.45) is 4.47. The molecule has 1 unspecified atom stereocenters. The average molecular weight is 463 g/mol. The first-order chi connectivity index (χ1) is 16.7. The molecule has 4 heteroatoms. The number of aliphatic imine (C=N–C) groups is 1. The summed E-state index contributed by atoms with van der Waals surface area (Å²) in [4.78, 5) is 5.02. The van der Waals surface area contributed by atoms with Crippen molar-refractivity contribution in [3.05, 3.63) is 108 Å². The Morgan fingerprint density at radius 1 is 1.06 bits per heavy atom. The minimum absolute atomic E-state index is 0.0488. The Labute approximate surface area is 209 Å². The van der Waals surface area contributed by atoms with Gasteiger partial charge in [-0.3, -0.25) is 4.99 Å². The molecule has 3 aromatic rings. The molecule has 1 aromatic heterocycles. The summed E-state index contributed by atoms with van der Waals surface area (Å²) in [6, 6.07) is 16.6. The van der Waals surface area contributed by atoms with Gasteiger partial charge in [-0.05, 0) is 86.9 Å². The Bertz CT molecular complexity index is 1350. The van der Waals surface area contributed by atoms with Crippen LogP contribution in [0.1, 0.15) is 57.7 Å². The zero-order valence-corrected chi connectivity index (χ0v) is 21.3. The Kier molecular flexibility index (Phi) is 7.11. The largest absolute Gasteiger partial charge is 0.256 e. The molecule has 0 saturated carbocycles. The van der Waals surface area contributed by atoms with Gasteiger partial charge in [0.15, 0.2) is 0 Å². The van der Waals surface area contributed by atoms with E-state index in [1.807, 2.05) is 48.1 Å². The average Bonchev–Trinajstić information content (AvgIpc) is 3.30. The number of hydrogen-bond acceptors (Lipinski definition) is 3. The SMILES string of the molecule is C=C(C)CC1=C(C)c2ccc(N=C(C)C(CC(=C)C)n3cc(-c4ccccc4)nn3)cc2CC1=C. The van der Waals surface area contributed by atoms with Crippen molar-refractivity contribution in [3.8, 4) is 11.3 Å². The molecule has 0 radical (unpaired) electrons. The van der Waals surface area contributed by atoms with E-state index < -0.39 is 0 Å². The molecular formula is C31H34N4. The molecule has 4 rings (SSSR count). The first kappa shape index (κ1) is 24.3. The van der Waals surface area contributed by atoms with Crippen LogP contribution in [0.5, 0.6) is 0 Å². The molecule has 0 saturated heterocycles. The molecule has 0 spiro atoms. The number of benzene rings is 2. The summed E-state index contributed by atoms with van der Waals surface area (Å²) in [5.41, 5.74) is 12.4. The van der Waals surface area contributed by atoms with Gasteiger partial charge in [0.05, 0.1) is 17.9 Å². The third-order valence-electron chi connectivity index (χ3n) is 6.48. The van der Waals surface area contributed by atoms with Crippen LogP contribution >= 0.6 is 0 Å². The van der Waals surface area contributed by atoms with Gasteiger partial charge in [-0.15, -0.1) is 11.7 Å². The normalized spacial score (nSPS) is 14.6. The summed E-state index contributed by atoms with van der Waals surface area (Å²) >= 11 is 0. The predicted octanol–water partition coefficient (Wildman–Crippen LogP) is 8.10. The van der Waals surface area contributed by atoms with Crippen molar-refractivity contribution in [3.63, 3.8) is 0 Å². The number of fused-ring (bicyclic) bond motifs is 1. The van der Waals surface area contributed by atoms with Crippen molar-refractivity contribution in [1.29, 1.82) is 0 Å². The predicted molar refractivity (Wildman–Crippen MR) is 148 cm³/mol. The maximum absolute atomic E-state index is 5.02. The van der Waals surface area contributed by atoms with Crippen LogP contribution in [0, 0.1) is 0 Å². The van der Waals surface area contributed by atoms with Crippen LogP contribution < -0.4 is 0 Å². The van der Waals surface area contributed by atoms with Crippen LogP contribution in [0.4, 0.5) is 5.69 Å². The lowest BCUT2D eigenvalue weighted by Gasteiger charge is -2.24. The van der Waals surface area contributed by atoms with E-state index in [1.54, 1.807) is 0 Å². The quantitative estimate of drug-likeness (QED) is 0.251. The maximum atomic E-state index is 5.02. The smallest absolute Gasteiger partial charge is 0.113 e. The highest BCUT2D eigenvalue weighted by Crippen LogP contribution is 2.38. The van der Waals surface area contributed by atoms with Gasteiger partial charge in [-0.1, -0.05) is 65.9 Å². The van der Waals surface area contributed by atoms with Gasteiger partial charge in [0, 0.05) is 11.3 Å². The molecule has 1 atom stereocenters. The van der Waals surface area contributed by atoms with Gasteiger partial charge in [0.25, 0.3) is 0 Å². The number of allylic oxidation sites excluding steroid dienone is 5. The second kappa shape index (κ2) is 10.2. The lowest BCUT2D eigenvalue weighted by atomic mass is 9.81. The molecule has 4 nitrogen and oxygen atoms in total. The highest BCUT2D eigenvalue weighted by Gasteiger charge is 2.21. The summed E-state index contributed by atoms with van der Waals surface area (Å²) in [7, 11) is 0. The van der Waals surface area contributed by atoms with Crippen LogP contribution in [0.3, 0.4) is 0 Å². The van der Waals surface area contributed by atoms with E-state index in [1.165, 1.54) is 27.8 Å². The lowest BCUT2D eigenvalue weighted by molar-refractivity contribution is 0.540. The fraction of sp³-hybridized carbons (Fsp3) is 0.258. The van der Waals surface area contributed by atoms with Crippen molar-refractivity contribution in [2.45, 2.75) is 53.0 Å². The fourth-order valence-corrected chi connectivity index (χ4v) is 4.70. The van der Waals surface area contributed by atoms with Gasteiger partial charge in [-0.2, -0.15) is 0 Å². The minimum atomic E-state index is -0.0488. The zero-order valence-electron chi connectivity index (χ0n) is 21.3. The van der Waals surface area contributed by atoms with Crippen molar-refractivity contribution < 1.29 is 0 Å². The zero-order chi connectivity index (χ0) is 25.1. The topological polar surface area (TPSA) is 43.1 Å². The van der Waals surface area contributed by atoms with E-state index in [0.717, 1.165) is 53.1 Å². The Hall–Kier alpha value is -3.79. The molecule has 1 heterocycles. The molecule has 0 aliphatic heterocycles. The van der Waals surface area contributed by atoms with Gasteiger partial charge >= 0.3 is 0 Å². The molecule has 0 amide bonds. The van der Waals surface area contributed by atoms with E-state index in [-0.39, 0.29) is 6.04 Å². The van der Waals surface area contributed by atoms with E-state index in [0.29, 0.717) is 0 Å². The summed E-state index contributed by atoms with van der Waals surface area (Å²) < 4.78 is 1.91. The monoisotopic (exact) mass is 462 g/mol. The second-order valence-electron chi connectivity index (χ2n) is 9.74. The first-order valence-electron chi connectivity index (χ1n) is 12.0. The van der Waals surface area contributed by atoms with Crippen LogP contribution in [-0.2, 0) is 6.42 Å². The summed E-state index contributed by atoms with van der Waals surface area (Å²) in [6.45, 7) is 20.9. The van der Waals surface area contributed by atoms with E-state index >= 15 is 0 Å². The minimum Gasteiger partial charge on any atom is -0.256 e. The molecule has 1 aliphatic carbocycles. The number of hydrogen-bond donors (Lipinski definition) is 0. The molecular weight excluding hydrogens is 428 g/mol. The van der Waals surface area contributed by atoms with E-state index in [2.05, 4.69) is 69.0 Å². The van der Waals surface area contributed by atoms with Gasteiger partial charge in [0.1, 0.15) is 5.69 Å². The molecule has 0 fully saturated rings. The lowest BCUT2D eigenvalue weighted by Crippen LogP contribution is -2.18. The molecule has 0 N–H and O–H groups in total. The summed E-state index contributed by atoms with van der Waals surface area (Å²) in [5.74, 6) is 0. The Balaban J connectivity index is 1.65. The van der Waals surface area contributed by atoms with Crippen LogP contribution in [-0.4, -0.2) is 20.7 Å². The van der Waals surface area contributed by atoms with Gasteiger partial charge in [-0.25, -0.2) is 4.68 Å². The molecule has 0 bridgehead atoms. The highest BCUT2D eigenvalue weighted by molar-refractivity contribution is 5.89. The van der Waals surface area contributed by atoms with E-state index in [4.69, 9.17) is 4.99 Å². The van der Waals surface area contributed by atoms with Crippen molar-refractivity contribution in [2.24, 2.45) is 4.99 Å². The third-order valence-corrected chi connectivity index (χ3v) is 6.48. The maximum Gasteiger partial charge on any atom is 0.113 e. The molecule has 1 aliphatic rings. The Morgan fingerprint density at radius 2 is 1.80 bits per heavy atom. The molecule has 2 aromatic carbocycles. The third kappa shape index (κ3) is 5.48. The number of aromatic nitrogens is 3. The number of rotatable bonds is 8. The van der Waals surface area contributed by atoms with Crippen LogP contribution in [0.15, 0.2) is 102 Å². The van der Waals surface area contributed by atoms with Crippen molar-refractivity contribution in [2.75, 3.05) is 0 Å². The van der Waals surface area contributed by atoms with Crippen LogP contribution in [0.2, 0.25) is 0 Å². The van der Waals surface area contributed by atoms with Crippen molar-refractivity contribution >= 4 is 17.0 Å². The molecule has 178 valence electrons. The van der Waals surface area contributed by atoms with Gasteiger partial charge in [0.2, 0.25) is 0 Å². The molecule has 35 heavy (non-hydrogen) atoms. The highest BCUT2D eigenvalue weighted by atomic mass is 15.4. The summed E-state index contributed by atoms with van der Waals surface area (Å²) in [5, 5.41) is 8.86. The number of nitrogens with zero attached hydrogens (tertiary/aromatic N) is 4. The van der Waals surface area contributed by atoms with E-state index in [9.17, 15) is 0 Å². The first-order valence-corrected chi connectivity index (χ1v) is 12.0. The van der Waals surface area contributed by atoms with Crippen molar-refractivity contribution in [1.82, 2.24) is 15.0 Å². The Morgan fingerprint density at radius 3 is 2.49 bits per heavy atom.